The van der Waals surface area contributed by atoms with Gasteiger partial charge in [-0.2, -0.15) is 0 Å². The third kappa shape index (κ3) is 3.55. The molecule has 0 aromatic rings. The first-order valence-electron chi connectivity index (χ1n) is 5.60. The molecule has 2 aliphatic rings. The second-order valence-corrected chi connectivity index (χ2v) is 10.9. The molecule has 3 atom stereocenters. The second-order valence-electron chi connectivity index (χ2n) is 3.84. The van der Waals surface area contributed by atoms with Gasteiger partial charge in [0.15, 0.2) is 2.74 Å². The molecule has 0 saturated carbocycles. The van der Waals surface area contributed by atoms with Gasteiger partial charge in [-0.05, 0) is 6.42 Å². The predicted molar refractivity (Wildman–Crippen MR) is 81.9 cm³/mol. The third-order valence-corrected chi connectivity index (χ3v) is 10.7. The number of carbonyl (C=O) groups excluding carboxylic acids is 1. The first-order chi connectivity index (χ1) is 8.17. The van der Waals surface area contributed by atoms with Crippen LogP contribution in [0.5, 0.6) is 0 Å². The van der Waals surface area contributed by atoms with Gasteiger partial charge in [-0.15, -0.1) is 47.0 Å². The van der Waals surface area contributed by atoms with Crippen LogP contribution in [0.15, 0.2) is 12.7 Å². The van der Waals surface area contributed by atoms with E-state index in [2.05, 4.69) is 37.0 Å². The van der Waals surface area contributed by atoms with E-state index in [0.29, 0.717) is 11.9 Å². The minimum Gasteiger partial charge on any atom is -0.461 e. The quantitative estimate of drug-likeness (QED) is 0.583. The summed E-state index contributed by atoms with van der Waals surface area (Å²) in [6.07, 6.45) is 2.48. The lowest BCUT2D eigenvalue weighted by molar-refractivity contribution is -0.137. The van der Waals surface area contributed by atoms with Gasteiger partial charge >= 0.3 is 5.97 Å². The Morgan fingerprint density at radius 3 is 2.65 bits per heavy atom. The highest BCUT2D eigenvalue weighted by Gasteiger charge is 2.47. The lowest BCUT2D eigenvalue weighted by Crippen LogP contribution is -2.15. The minimum atomic E-state index is -0.310. The average Bonchev–Trinajstić information content (AvgIpc) is 2.94. The number of carbonyl (C=O) groups is 1. The maximum absolute atomic E-state index is 11.0. The van der Waals surface area contributed by atoms with Crippen LogP contribution in [-0.2, 0) is 9.53 Å². The number of hydrogen-bond acceptors (Lipinski definition) is 6. The van der Waals surface area contributed by atoms with E-state index < -0.39 is 0 Å². The van der Waals surface area contributed by atoms with Crippen molar-refractivity contribution in [3.63, 3.8) is 0 Å². The number of thioether (sulfide) groups is 4. The Kier molecular flexibility index (Phi) is 5.09. The number of rotatable bonds is 4. The second kappa shape index (κ2) is 6.17. The molecule has 1 spiro atoms. The van der Waals surface area contributed by atoms with E-state index in [1.54, 1.807) is 0 Å². The number of hydrogen-bond donors (Lipinski definition) is 0. The fraction of sp³-hybridized carbons (Fsp3) is 0.727. The largest absolute Gasteiger partial charge is 0.461 e. The highest BCUT2D eigenvalue weighted by molar-refractivity contribution is 8.50. The lowest BCUT2D eigenvalue weighted by Gasteiger charge is -2.19. The molecule has 2 fully saturated rings. The molecule has 0 radical (unpaired) electrons. The molecule has 3 unspecified atom stereocenters. The van der Waals surface area contributed by atoms with Gasteiger partial charge in [0.2, 0.25) is 0 Å². The van der Waals surface area contributed by atoms with Gasteiger partial charge in [0.1, 0.15) is 6.61 Å². The van der Waals surface area contributed by atoms with Crippen LogP contribution < -0.4 is 0 Å². The molecule has 96 valence electrons. The van der Waals surface area contributed by atoms with E-state index in [4.69, 9.17) is 4.74 Å². The molecule has 0 N–H and O–H groups in total. The van der Waals surface area contributed by atoms with Gasteiger partial charge in [-0.3, -0.25) is 0 Å². The Balaban J connectivity index is 1.79. The van der Waals surface area contributed by atoms with Crippen molar-refractivity contribution < 1.29 is 9.53 Å². The van der Waals surface area contributed by atoms with Crippen molar-refractivity contribution in [1.82, 2.24) is 0 Å². The van der Waals surface area contributed by atoms with Crippen LogP contribution in [0.3, 0.4) is 0 Å². The van der Waals surface area contributed by atoms with Crippen LogP contribution in [0.4, 0.5) is 0 Å². The summed E-state index contributed by atoms with van der Waals surface area (Å²) in [5, 5.41) is 1.22. The summed E-state index contributed by atoms with van der Waals surface area (Å²) in [6.45, 7) is 6.17. The van der Waals surface area contributed by atoms with E-state index in [9.17, 15) is 4.79 Å². The summed E-state index contributed by atoms with van der Waals surface area (Å²) in [4.78, 5) is 11.0. The van der Waals surface area contributed by atoms with Gasteiger partial charge < -0.3 is 4.74 Å². The van der Waals surface area contributed by atoms with Crippen molar-refractivity contribution in [1.29, 1.82) is 0 Å². The Labute approximate surface area is 119 Å². The minimum absolute atomic E-state index is 0.270. The molecule has 0 aromatic heterocycles. The molecule has 2 heterocycles. The molecular weight excluding hydrogens is 292 g/mol. The number of ether oxygens (including phenoxy) is 1. The zero-order valence-electron chi connectivity index (χ0n) is 9.72. The van der Waals surface area contributed by atoms with Crippen LogP contribution in [0.25, 0.3) is 0 Å². The first kappa shape index (κ1) is 14.0. The summed E-state index contributed by atoms with van der Waals surface area (Å²) < 4.78 is 5.39. The summed E-state index contributed by atoms with van der Waals surface area (Å²) in [5.74, 6) is 2.01. The monoisotopic (exact) mass is 308 g/mol. The van der Waals surface area contributed by atoms with Crippen molar-refractivity contribution in [2.45, 2.75) is 26.6 Å². The van der Waals surface area contributed by atoms with Gasteiger partial charge in [0, 0.05) is 22.8 Å². The standard InChI is InChI=1S/C11H16O2S4/c1-3-8-6-14-11(16-8)15-7-9(17-11)5-13-10(12)4-2/h4,8-9H,2-3,5-7H2,1H3. The van der Waals surface area contributed by atoms with Gasteiger partial charge in [0.05, 0.1) is 5.25 Å². The maximum atomic E-state index is 11.0. The van der Waals surface area contributed by atoms with E-state index in [0.717, 1.165) is 11.0 Å². The smallest absolute Gasteiger partial charge is 0.330 e. The highest BCUT2D eigenvalue weighted by atomic mass is 32.3. The Morgan fingerprint density at radius 1 is 1.41 bits per heavy atom. The van der Waals surface area contributed by atoms with E-state index in [1.165, 1.54) is 18.2 Å². The molecule has 2 rings (SSSR count). The average molecular weight is 309 g/mol. The van der Waals surface area contributed by atoms with Crippen molar-refractivity contribution >= 4 is 53.0 Å². The molecular formula is C11H16O2S4. The normalized spacial score (nSPS) is 36.3. The molecule has 2 aliphatic heterocycles. The zero-order valence-corrected chi connectivity index (χ0v) is 13.0. The fourth-order valence-electron chi connectivity index (χ4n) is 1.59. The van der Waals surface area contributed by atoms with Crippen LogP contribution in [-0.4, -0.2) is 37.3 Å². The van der Waals surface area contributed by atoms with Crippen LogP contribution in [0.2, 0.25) is 0 Å². The van der Waals surface area contributed by atoms with Gasteiger partial charge in [-0.25, -0.2) is 4.79 Å². The zero-order chi connectivity index (χ0) is 12.3. The fourth-order valence-corrected chi connectivity index (χ4v) is 10.1. The molecule has 0 amide bonds. The predicted octanol–water partition coefficient (Wildman–Crippen LogP) is 3.43. The summed E-state index contributed by atoms with van der Waals surface area (Å²) in [6, 6.07) is 0. The van der Waals surface area contributed by atoms with E-state index in [-0.39, 0.29) is 8.71 Å². The van der Waals surface area contributed by atoms with E-state index >= 15 is 0 Å². The summed E-state index contributed by atoms with van der Waals surface area (Å²) >= 11 is 8.13. The lowest BCUT2D eigenvalue weighted by atomic mass is 10.4. The first-order valence-corrected chi connectivity index (χ1v) is 9.33. The summed E-state index contributed by atoms with van der Waals surface area (Å²) in [5.41, 5.74) is 0. The van der Waals surface area contributed by atoms with Crippen molar-refractivity contribution in [2.75, 3.05) is 18.1 Å². The molecule has 2 nitrogen and oxygen atoms in total. The van der Waals surface area contributed by atoms with Crippen molar-refractivity contribution in [3.8, 4) is 0 Å². The molecule has 0 aromatic carbocycles. The maximum Gasteiger partial charge on any atom is 0.330 e. The van der Waals surface area contributed by atoms with Crippen LogP contribution in [0, 0.1) is 0 Å². The van der Waals surface area contributed by atoms with Crippen LogP contribution >= 0.6 is 47.0 Å². The Bertz CT molecular complexity index is 310. The van der Waals surface area contributed by atoms with Crippen LogP contribution in [0.1, 0.15) is 13.3 Å². The van der Waals surface area contributed by atoms with Gasteiger partial charge in [-0.1, -0.05) is 13.5 Å². The summed E-state index contributed by atoms with van der Waals surface area (Å²) in [7, 11) is 0. The van der Waals surface area contributed by atoms with E-state index in [1.807, 2.05) is 23.5 Å². The molecule has 0 aliphatic carbocycles. The van der Waals surface area contributed by atoms with Crippen molar-refractivity contribution in [2.24, 2.45) is 0 Å². The van der Waals surface area contributed by atoms with Gasteiger partial charge in [0.25, 0.3) is 0 Å². The Morgan fingerprint density at radius 2 is 2.06 bits per heavy atom. The van der Waals surface area contributed by atoms with Crippen molar-refractivity contribution in [3.05, 3.63) is 12.7 Å². The number of esters is 1. The molecule has 17 heavy (non-hydrogen) atoms. The molecule has 2 saturated heterocycles. The SMILES string of the molecule is C=CC(=O)OCC1CSC2(SCC(CC)S2)S1. The third-order valence-electron chi connectivity index (χ3n) is 2.55. The highest BCUT2D eigenvalue weighted by Crippen LogP contribution is 2.67. The molecule has 0 bridgehead atoms. The molecule has 6 heteroatoms. The Hall–Kier alpha value is 0.610. The topological polar surface area (TPSA) is 26.3 Å².